The van der Waals surface area contributed by atoms with Crippen LogP contribution in [0.15, 0.2) is 82.6 Å². The first-order valence-electron chi connectivity index (χ1n) is 19.2. The van der Waals surface area contributed by atoms with Crippen molar-refractivity contribution < 1.29 is 4.79 Å². The number of carbonyl (C=O) groups is 1. The summed E-state index contributed by atoms with van der Waals surface area (Å²) in [5, 5.41) is 4.46. The quantitative estimate of drug-likeness (QED) is 0.149. The molecule has 3 heteroatoms. The Bertz CT molecular complexity index is 1210. The molecule has 0 heterocycles. The number of carbonyl (C=O) groups excluding carboxylic acids is 1. The molecule has 2 aliphatic rings. The van der Waals surface area contributed by atoms with Gasteiger partial charge >= 0.3 is 0 Å². The van der Waals surface area contributed by atoms with Crippen molar-refractivity contribution in [3.8, 4) is 0 Å². The third-order valence-corrected chi connectivity index (χ3v) is 15.2. The van der Waals surface area contributed by atoms with Gasteiger partial charge in [-0.2, -0.15) is 0 Å². The van der Waals surface area contributed by atoms with Crippen molar-refractivity contribution in [3.63, 3.8) is 0 Å². The van der Waals surface area contributed by atoms with E-state index in [9.17, 15) is 4.79 Å². The van der Waals surface area contributed by atoms with Crippen molar-refractivity contribution in [1.82, 2.24) is 4.90 Å². The van der Waals surface area contributed by atoms with E-state index in [1.807, 2.05) is 0 Å². The molecule has 1 fully saturated rings. The van der Waals surface area contributed by atoms with Gasteiger partial charge in [-0.3, -0.25) is 4.79 Å². The molecule has 2 aliphatic carbocycles. The first kappa shape index (κ1) is 36.4. The van der Waals surface area contributed by atoms with Crippen LogP contribution < -0.4 is 10.4 Å². The fourth-order valence-corrected chi connectivity index (χ4v) is 12.4. The summed E-state index contributed by atoms with van der Waals surface area (Å²) in [6.07, 6.45) is 23.6. The van der Waals surface area contributed by atoms with Crippen LogP contribution in [0.4, 0.5) is 0 Å². The van der Waals surface area contributed by atoms with Gasteiger partial charge in [0.25, 0.3) is 0 Å². The minimum atomic E-state index is -1.87. The molecule has 2 aromatic rings. The molecule has 252 valence electrons. The van der Waals surface area contributed by atoms with Crippen LogP contribution in [-0.2, 0) is 4.79 Å². The van der Waals surface area contributed by atoms with Gasteiger partial charge in [-0.15, -0.1) is 0 Å². The van der Waals surface area contributed by atoms with Gasteiger partial charge in [0.1, 0.15) is 8.80 Å². The highest BCUT2D eigenvalue weighted by Gasteiger charge is 2.50. The number of benzene rings is 2. The standard InChI is InChI=1S/C43H65NOSi/c1-6-7-8-9-10-15-18-27-34-41(45)44(38-28-21-16-13-11-12-14-17-22-29-38)43(5)37(4)35(2)36(3)42(43)46(39-30-23-19-24-31-39)40-32-25-20-26-33-40/h19-20,23-26,30-33,38,46H,6-18,21-22,27-29,34H2,1-5H3. The highest BCUT2D eigenvalue weighted by molar-refractivity contribution is 6.91. The van der Waals surface area contributed by atoms with Gasteiger partial charge in [-0.05, 0) is 68.9 Å². The average Bonchev–Trinajstić information content (AvgIpc) is 3.21. The van der Waals surface area contributed by atoms with E-state index in [1.54, 1.807) is 5.20 Å². The van der Waals surface area contributed by atoms with Crippen LogP contribution in [0.1, 0.15) is 157 Å². The molecule has 1 unspecified atom stereocenters. The molecule has 2 nitrogen and oxygen atoms in total. The molecule has 0 N–H and O–H groups in total. The number of amides is 1. The Labute approximate surface area is 284 Å². The van der Waals surface area contributed by atoms with Crippen LogP contribution in [0.3, 0.4) is 0 Å². The SMILES string of the molecule is CCCCCCCCCCC(=O)N(C1CCCCCCCCCC1)C1(C)C(C)=C(C)C(C)=C1[SiH](c1ccccc1)c1ccccc1. The van der Waals surface area contributed by atoms with E-state index in [4.69, 9.17) is 0 Å². The van der Waals surface area contributed by atoms with Crippen molar-refractivity contribution >= 4 is 25.1 Å². The zero-order chi connectivity index (χ0) is 32.8. The van der Waals surface area contributed by atoms with Crippen LogP contribution in [0, 0.1) is 0 Å². The molecule has 0 spiro atoms. The first-order chi connectivity index (χ1) is 22.4. The largest absolute Gasteiger partial charge is 0.327 e. The molecule has 0 aromatic heterocycles. The summed E-state index contributed by atoms with van der Waals surface area (Å²) in [5.74, 6) is 0.404. The Hall–Kier alpha value is -2.39. The highest BCUT2D eigenvalue weighted by Crippen LogP contribution is 2.47. The van der Waals surface area contributed by atoms with Crippen molar-refractivity contribution in [3.05, 3.63) is 82.6 Å². The average molecular weight is 640 g/mol. The van der Waals surface area contributed by atoms with E-state index in [1.165, 1.54) is 123 Å². The van der Waals surface area contributed by atoms with E-state index in [-0.39, 0.29) is 0 Å². The summed E-state index contributed by atoms with van der Waals surface area (Å²) in [6, 6.07) is 22.9. The topological polar surface area (TPSA) is 20.3 Å². The number of allylic oxidation sites excluding steroid dienone is 2. The summed E-state index contributed by atoms with van der Waals surface area (Å²) >= 11 is 0. The molecule has 46 heavy (non-hydrogen) atoms. The number of unbranched alkanes of at least 4 members (excludes halogenated alkanes) is 7. The third kappa shape index (κ3) is 9.15. The van der Waals surface area contributed by atoms with Gasteiger partial charge in [-0.25, -0.2) is 0 Å². The van der Waals surface area contributed by atoms with Gasteiger partial charge in [0.2, 0.25) is 5.91 Å². The Morgan fingerprint density at radius 2 is 1.13 bits per heavy atom. The summed E-state index contributed by atoms with van der Waals surface area (Å²) in [7, 11) is -1.87. The maximum Gasteiger partial charge on any atom is 0.223 e. The van der Waals surface area contributed by atoms with Crippen molar-refractivity contribution in [2.75, 3.05) is 0 Å². The lowest BCUT2D eigenvalue weighted by molar-refractivity contribution is -0.138. The normalized spacial score (nSPS) is 20.3. The molecule has 0 saturated heterocycles. The van der Waals surface area contributed by atoms with Gasteiger partial charge < -0.3 is 4.90 Å². The maximum atomic E-state index is 14.9. The third-order valence-electron chi connectivity index (χ3n) is 11.5. The zero-order valence-electron chi connectivity index (χ0n) is 30.2. The number of rotatable bonds is 14. The Balaban J connectivity index is 1.73. The van der Waals surface area contributed by atoms with Crippen molar-refractivity contribution in [2.24, 2.45) is 0 Å². The number of hydrogen-bond donors (Lipinski definition) is 0. The smallest absolute Gasteiger partial charge is 0.223 e. The molecular formula is C43H65NOSi. The molecule has 1 amide bonds. The van der Waals surface area contributed by atoms with Crippen LogP contribution >= 0.6 is 0 Å². The predicted octanol–water partition coefficient (Wildman–Crippen LogP) is 10.6. The Morgan fingerprint density at radius 1 is 0.674 bits per heavy atom. The monoisotopic (exact) mass is 639 g/mol. The Kier molecular flexibility index (Phi) is 14.9. The second-order valence-corrected chi connectivity index (χ2v) is 17.4. The van der Waals surface area contributed by atoms with Crippen LogP contribution in [0.25, 0.3) is 0 Å². The van der Waals surface area contributed by atoms with E-state index in [0.717, 1.165) is 19.3 Å². The summed E-state index contributed by atoms with van der Waals surface area (Å²) in [6.45, 7) is 11.8. The molecule has 0 radical (unpaired) electrons. The summed E-state index contributed by atoms with van der Waals surface area (Å²) in [5.41, 5.74) is 3.86. The lowest BCUT2D eigenvalue weighted by Crippen LogP contribution is -2.61. The summed E-state index contributed by atoms with van der Waals surface area (Å²) < 4.78 is 0. The second-order valence-electron chi connectivity index (χ2n) is 14.7. The molecule has 2 aromatic carbocycles. The van der Waals surface area contributed by atoms with E-state index in [0.29, 0.717) is 18.4 Å². The Morgan fingerprint density at radius 3 is 1.63 bits per heavy atom. The fraction of sp³-hybridized carbons (Fsp3) is 0.605. The van der Waals surface area contributed by atoms with Crippen molar-refractivity contribution in [1.29, 1.82) is 0 Å². The zero-order valence-corrected chi connectivity index (χ0v) is 31.4. The van der Waals surface area contributed by atoms with Gasteiger partial charge in [0.15, 0.2) is 0 Å². The molecule has 4 rings (SSSR count). The van der Waals surface area contributed by atoms with Gasteiger partial charge in [0, 0.05) is 12.5 Å². The van der Waals surface area contributed by atoms with Gasteiger partial charge in [0.05, 0.1) is 5.54 Å². The highest BCUT2D eigenvalue weighted by atomic mass is 28.3. The molecule has 0 aliphatic heterocycles. The lowest BCUT2D eigenvalue weighted by Gasteiger charge is -2.49. The number of hydrogen-bond acceptors (Lipinski definition) is 1. The second kappa shape index (κ2) is 18.8. The number of nitrogens with zero attached hydrogens (tertiary/aromatic N) is 1. The molecule has 1 atom stereocenters. The fourth-order valence-electron chi connectivity index (χ4n) is 8.61. The van der Waals surface area contributed by atoms with E-state index < -0.39 is 14.3 Å². The maximum absolute atomic E-state index is 14.9. The minimum Gasteiger partial charge on any atom is -0.327 e. The molecule has 0 bridgehead atoms. The lowest BCUT2D eigenvalue weighted by atomic mass is 9.87. The first-order valence-corrected chi connectivity index (χ1v) is 21.0. The van der Waals surface area contributed by atoms with E-state index >= 15 is 0 Å². The van der Waals surface area contributed by atoms with Crippen molar-refractivity contribution in [2.45, 2.75) is 168 Å². The van der Waals surface area contributed by atoms with Crippen LogP contribution in [0.5, 0.6) is 0 Å². The summed E-state index contributed by atoms with van der Waals surface area (Å²) in [4.78, 5) is 17.4. The van der Waals surface area contributed by atoms with Gasteiger partial charge in [-0.1, -0.05) is 174 Å². The van der Waals surface area contributed by atoms with Crippen LogP contribution in [-0.4, -0.2) is 31.2 Å². The minimum absolute atomic E-state index is 0.300. The van der Waals surface area contributed by atoms with Crippen LogP contribution in [0.2, 0.25) is 0 Å². The predicted molar refractivity (Wildman–Crippen MR) is 203 cm³/mol. The molecule has 1 saturated carbocycles. The molecular weight excluding hydrogens is 575 g/mol. The van der Waals surface area contributed by atoms with E-state index in [2.05, 4.69) is 100 Å².